The second kappa shape index (κ2) is 10.0. The first-order valence-corrected chi connectivity index (χ1v) is 10.6. The van der Waals surface area contributed by atoms with Crippen molar-refractivity contribution >= 4 is 11.0 Å². The Morgan fingerprint density at radius 3 is 2.47 bits per heavy atom. The smallest absolute Gasteiger partial charge is 0.200 e. The molecule has 2 heterocycles. The van der Waals surface area contributed by atoms with Gasteiger partial charge in [-0.25, -0.2) is 0 Å². The van der Waals surface area contributed by atoms with Crippen LogP contribution in [0.3, 0.4) is 0 Å². The number of nitrogens with one attached hydrogen (secondary N) is 1. The molecule has 8 heteroatoms. The van der Waals surface area contributed by atoms with Gasteiger partial charge in [-0.15, -0.1) is 0 Å². The Morgan fingerprint density at radius 1 is 1.09 bits per heavy atom. The van der Waals surface area contributed by atoms with Gasteiger partial charge in [0.05, 0.1) is 25.2 Å². The van der Waals surface area contributed by atoms with Gasteiger partial charge in [-0.2, -0.15) is 0 Å². The van der Waals surface area contributed by atoms with Crippen molar-refractivity contribution in [3.05, 3.63) is 52.9 Å². The van der Waals surface area contributed by atoms with Crippen LogP contribution < -0.4 is 25.0 Å². The summed E-state index contributed by atoms with van der Waals surface area (Å²) in [7, 11) is 3.05. The molecule has 1 aliphatic heterocycles. The minimum atomic E-state index is -0.563. The lowest BCUT2D eigenvalue weighted by molar-refractivity contribution is 0.0641. The minimum absolute atomic E-state index is 0.160. The molecular weight excluding hydrogens is 412 g/mol. The van der Waals surface area contributed by atoms with E-state index in [-0.39, 0.29) is 12.0 Å². The Bertz CT molecular complexity index is 1110. The molecule has 2 aromatic carbocycles. The number of ether oxygens (including phenoxy) is 3. The first-order chi connectivity index (χ1) is 15.6. The van der Waals surface area contributed by atoms with Crippen molar-refractivity contribution in [1.29, 1.82) is 0 Å². The van der Waals surface area contributed by atoms with Crippen molar-refractivity contribution in [2.45, 2.75) is 6.10 Å². The summed E-state index contributed by atoms with van der Waals surface area (Å²) in [5.41, 5.74) is 1.42. The maximum absolute atomic E-state index is 13.1. The van der Waals surface area contributed by atoms with Crippen LogP contribution in [0, 0.1) is 0 Å². The standard InChI is InChI=1S/C24H28N2O6/c1-29-22-11-19-21(12-23(22)30-2)32-15-20(24(19)28)16-3-5-18(6-4-16)31-14-17(27)13-26-9-7-25-8-10-26/h3-6,11-12,15,17,25,27H,7-10,13-14H2,1-2H3. The predicted molar refractivity (Wildman–Crippen MR) is 122 cm³/mol. The van der Waals surface area contributed by atoms with E-state index in [0.717, 1.165) is 26.2 Å². The highest BCUT2D eigenvalue weighted by Crippen LogP contribution is 2.32. The zero-order valence-electron chi connectivity index (χ0n) is 18.3. The maximum atomic E-state index is 13.1. The zero-order chi connectivity index (χ0) is 22.5. The third-order valence-electron chi connectivity index (χ3n) is 5.57. The highest BCUT2D eigenvalue weighted by Gasteiger charge is 2.16. The summed E-state index contributed by atoms with van der Waals surface area (Å²) in [6.07, 6.45) is 0.885. The molecular formula is C24H28N2O6. The summed E-state index contributed by atoms with van der Waals surface area (Å²) in [4.78, 5) is 15.3. The molecule has 1 aromatic heterocycles. The van der Waals surface area contributed by atoms with E-state index in [0.29, 0.717) is 45.9 Å². The van der Waals surface area contributed by atoms with Crippen molar-refractivity contribution < 1.29 is 23.7 Å². The van der Waals surface area contributed by atoms with Crippen LogP contribution >= 0.6 is 0 Å². The van der Waals surface area contributed by atoms with E-state index in [2.05, 4.69) is 10.2 Å². The molecule has 0 amide bonds. The molecule has 0 bridgehead atoms. The molecule has 1 fully saturated rings. The quantitative estimate of drug-likeness (QED) is 0.550. The Hall–Kier alpha value is -3.07. The molecule has 2 N–H and O–H groups in total. The highest BCUT2D eigenvalue weighted by atomic mass is 16.5. The number of aliphatic hydroxyl groups excluding tert-OH is 1. The number of β-amino-alcohol motifs (C(OH)–C–C–N with tert-alkyl or cyclic N) is 1. The number of fused-ring (bicyclic) bond motifs is 1. The fourth-order valence-corrected chi connectivity index (χ4v) is 3.82. The molecule has 0 aliphatic carbocycles. The maximum Gasteiger partial charge on any atom is 0.200 e. The minimum Gasteiger partial charge on any atom is -0.493 e. The molecule has 1 atom stereocenters. The van der Waals surface area contributed by atoms with Crippen molar-refractivity contribution in [2.75, 3.05) is 53.6 Å². The molecule has 4 rings (SSSR count). The number of hydrogen-bond acceptors (Lipinski definition) is 8. The Kier molecular flexibility index (Phi) is 6.94. The normalized spacial score (nSPS) is 15.5. The Balaban J connectivity index is 1.46. The summed E-state index contributed by atoms with van der Waals surface area (Å²) in [5.74, 6) is 1.59. The van der Waals surface area contributed by atoms with E-state index >= 15 is 0 Å². The van der Waals surface area contributed by atoms with Crippen molar-refractivity contribution in [3.63, 3.8) is 0 Å². The Labute approximate surface area is 186 Å². The van der Waals surface area contributed by atoms with E-state index in [1.54, 1.807) is 36.4 Å². The SMILES string of the molecule is COc1cc2occ(-c3ccc(OCC(O)CN4CCNCC4)cc3)c(=O)c2cc1OC. The first-order valence-electron chi connectivity index (χ1n) is 10.6. The van der Waals surface area contributed by atoms with E-state index in [1.807, 2.05) is 0 Å². The van der Waals surface area contributed by atoms with Gasteiger partial charge in [0.15, 0.2) is 11.5 Å². The highest BCUT2D eigenvalue weighted by molar-refractivity contribution is 5.84. The number of rotatable bonds is 8. The van der Waals surface area contributed by atoms with Crippen LogP contribution in [0.2, 0.25) is 0 Å². The largest absolute Gasteiger partial charge is 0.493 e. The molecule has 1 unspecified atom stereocenters. The van der Waals surface area contributed by atoms with Gasteiger partial charge in [0, 0.05) is 38.8 Å². The van der Waals surface area contributed by atoms with Crippen LogP contribution in [0.4, 0.5) is 0 Å². The topological polar surface area (TPSA) is 93.4 Å². The Morgan fingerprint density at radius 2 is 1.78 bits per heavy atom. The molecule has 1 aliphatic rings. The van der Waals surface area contributed by atoms with Gasteiger partial charge in [-0.05, 0) is 23.8 Å². The van der Waals surface area contributed by atoms with Gasteiger partial charge in [0.1, 0.15) is 30.3 Å². The van der Waals surface area contributed by atoms with Gasteiger partial charge in [-0.1, -0.05) is 12.1 Å². The van der Waals surface area contributed by atoms with E-state index in [4.69, 9.17) is 18.6 Å². The predicted octanol–water partition coefficient (Wildman–Crippen LogP) is 2.12. The third kappa shape index (κ3) is 4.88. The van der Waals surface area contributed by atoms with Crippen LogP contribution in [0.25, 0.3) is 22.1 Å². The van der Waals surface area contributed by atoms with Crippen LogP contribution in [-0.4, -0.2) is 69.7 Å². The van der Waals surface area contributed by atoms with Crippen LogP contribution in [0.5, 0.6) is 17.2 Å². The second-order valence-corrected chi connectivity index (χ2v) is 7.72. The molecule has 0 radical (unpaired) electrons. The van der Waals surface area contributed by atoms with Gasteiger partial charge in [0.2, 0.25) is 5.43 Å². The van der Waals surface area contributed by atoms with Crippen molar-refractivity contribution in [3.8, 4) is 28.4 Å². The summed E-state index contributed by atoms with van der Waals surface area (Å²) >= 11 is 0. The van der Waals surface area contributed by atoms with Crippen LogP contribution in [0.1, 0.15) is 0 Å². The van der Waals surface area contributed by atoms with Gasteiger partial charge in [0.25, 0.3) is 0 Å². The summed E-state index contributed by atoms with van der Waals surface area (Å²) < 4.78 is 22.0. The monoisotopic (exact) mass is 440 g/mol. The fourth-order valence-electron chi connectivity index (χ4n) is 3.82. The van der Waals surface area contributed by atoms with Crippen LogP contribution in [0.15, 0.2) is 51.9 Å². The van der Waals surface area contributed by atoms with Gasteiger partial charge < -0.3 is 29.1 Å². The average Bonchev–Trinajstić information content (AvgIpc) is 2.83. The fraction of sp³-hybridized carbons (Fsp3) is 0.375. The second-order valence-electron chi connectivity index (χ2n) is 7.72. The third-order valence-corrected chi connectivity index (χ3v) is 5.57. The lowest BCUT2D eigenvalue weighted by Crippen LogP contribution is -2.47. The molecule has 32 heavy (non-hydrogen) atoms. The number of methoxy groups -OCH3 is 2. The zero-order valence-corrected chi connectivity index (χ0v) is 18.3. The molecule has 170 valence electrons. The summed E-state index contributed by atoms with van der Waals surface area (Å²) in [6, 6.07) is 10.4. The number of hydrogen-bond donors (Lipinski definition) is 2. The molecule has 0 spiro atoms. The average molecular weight is 440 g/mol. The van der Waals surface area contributed by atoms with E-state index in [1.165, 1.54) is 20.5 Å². The number of nitrogens with zero attached hydrogens (tertiary/aromatic N) is 1. The van der Waals surface area contributed by atoms with E-state index < -0.39 is 6.10 Å². The molecule has 0 saturated carbocycles. The number of benzene rings is 2. The molecule has 8 nitrogen and oxygen atoms in total. The van der Waals surface area contributed by atoms with Gasteiger partial charge in [-0.3, -0.25) is 9.69 Å². The number of aliphatic hydroxyl groups is 1. The first kappa shape index (κ1) is 22.1. The lowest BCUT2D eigenvalue weighted by atomic mass is 10.1. The summed E-state index contributed by atoms with van der Waals surface area (Å²) in [5, 5.41) is 14.0. The number of piperazine rings is 1. The van der Waals surface area contributed by atoms with Crippen molar-refractivity contribution in [1.82, 2.24) is 10.2 Å². The summed E-state index contributed by atoms with van der Waals surface area (Å²) in [6.45, 7) is 4.54. The molecule has 1 saturated heterocycles. The lowest BCUT2D eigenvalue weighted by Gasteiger charge is -2.29. The van der Waals surface area contributed by atoms with Crippen molar-refractivity contribution in [2.24, 2.45) is 0 Å². The van der Waals surface area contributed by atoms with E-state index in [9.17, 15) is 9.90 Å². The molecule has 3 aromatic rings. The van der Waals surface area contributed by atoms with Gasteiger partial charge >= 0.3 is 0 Å². The van der Waals surface area contributed by atoms with Crippen LogP contribution in [-0.2, 0) is 0 Å².